The van der Waals surface area contributed by atoms with E-state index in [2.05, 4.69) is 0 Å². The minimum Gasteiger partial charge on any atom is -0.497 e. The Bertz CT molecular complexity index is 1200. The number of nitrogens with zero attached hydrogens (tertiary/aromatic N) is 3. The number of aryl methyl sites for hydroxylation is 1. The third kappa shape index (κ3) is 3.17. The first-order valence-corrected chi connectivity index (χ1v) is 10.5. The van der Waals surface area contributed by atoms with Gasteiger partial charge < -0.3 is 9.64 Å². The van der Waals surface area contributed by atoms with Crippen LogP contribution < -0.4 is 16.0 Å². The maximum atomic E-state index is 13.5. The lowest BCUT2D eigenvalue weighted by Gasteiger charge is -2.25. The van der Waals surface area contributed by atoms with Crippen molar-refractivity contribution in [1.82, 2.24) is 14.0 Å². The van der Waals surface area contributed by atoms with E-state index < -0.39 is 0 Å². The molecule has 3 heterocycles. The number of ether oxygens (including phenoxy) is 1. The van der Waals surface area contributed by atoms with Crippen LogP contribution in [0.25, 0.3) is 15.9 Å². The molecule has 1 aliphatic rings. The van der Waals surface area contributed by atoms with Gasteiger partial charge in [0.2, 0.25) is 5.91 Å². The number of benzene rings is 1. The van der Waals surface area contributed by atoms with Crippen molar-refractivity contribution < 1.29 is 9.53 Å². The number of amides is 1. The molecule has 0 unspecified atom stereocenters. The Balaban J connectivity index is 1.99. The molecule has 0 atom stereocenters. The first-order chi connectivity index (χ1) is 14.0. The number of rotatable bonds is 4. The summed E-state index contributed by atoms with van der Waals surface area (Å²) < 4.78 is 8.14. The molecule has 1 aliphatic heterocycles. The zero-order valence-electron chi connectivity index (χ0n) is 16.7. The van der Waals surface area contributed by atoms with Gasteiger partial charge in [-0.2, -0.15) is 0 Å². The highest BCUT2D eigenvalue weighted by molar-refractivity contribution is 7.18. The molecule has 1 aromatic carbocycles. The van der Waals surface area contributed by atoms with Gasteiger partial charge in [-0.3, -0.25) is 14.2 Å². The molecule has 0 aliphatic carbocycles. The third-order valence-corrected chi connectivity index (χ3v) is 6.59. The summed E-state index contributed by atoms with van der Waals surface area (Å²) in [5, 5.41) is 0.608. The molecular weight excluding hydrogens is 390 g/mol. The molecule has 0 spiro atoms. The molecule has 8 heteroatoms. The summed E-state index contributed by atoms with van der Waals surface area (Å²) >= 11 is 1.46. The summed E-state index contributed by atoms with van der Waals surface area (Å²) in [5.74, 6) is 0.684. The standard InChI is InChI=1S/C21H23N3O4S/c1-4-10-23-20-18(16-9-11-22(13(2)25)12-17(16)29-20)19(26)24(21(23)27)14-5-7-15(28-3)8-6-14/h5-8H,4,9-12H2,1-3H3. The summed E-state index contributed by atoms with van der Waals surface area (Å²) in [6.45, 7) is 5.17. The predicted octanol–water partition coefficient (Wildman–Crippen LogP) is 2.54. The molecular formula is C21H23N3O4S. The minimum absolute atomic E-state index is 0.0229. The van der Waals surface area contributed by atoms with E-state index in [0.717, 1.165) is 16.9 Å². The smallest absolute Gasteiger partial charge is 0.336 e. The summed E-state index contributed by atoms with van der Waals surface area (Å²) in [4.78, 5) is 42.0. The van der Waals surface area contributed by atoms with Gasteiger partial charge in [0.05, 0.1) is 24.7 Å². The zero-order valence-corrected chi connectivity index (χ0v) is 17.5. The first kappa shape index (κ1) is 19.4. The van der Waals surface area contributed by atoms with E-state index in [9.17, 15) is 14.4 Å². The predicted molar refractivity (Wildman–Crippen MR) is 113 cm³/mol. The molecule has 1 amide bonds. The van der Waals surface area contributed by atoms with Crippen LogP contribution >= 0.6 is 11.3 Å². The molecule has 7 nitrogen and oxygen atoms in total. The number of carbonyl (C=O) groups excluding carboxylic acids is 1. The van der Waals surface area contributed by atoms with E-state index in [4.69, 9.17) is 4.74 Å². The van der Waals surface area contributed by atoms with Crippen LogP contribution in [0.1, 0.15) is 30.7 Å². The summed E-state index contributed by atoms with van der Waals surface area (Å²) in [5.41, 5.74) is 0.862. The van der Waals surface area contributed by atoms with E-state index in [1.165, 1.54) is 15.9 Å². The van der Waals surface area contributed by atoms with Crippen LogP contribution in [0.2, 0.25) is 0 Å². The number of hydrogen-bond donors (Lipinski definition) is 0. The number of hydrogen-bond acceptors (Lipinski definition) is 5. The molecule has 0 saturated carbocycles. The Morgan fingerprint density at radius 3 is 2.55 bits per heavy atom. The van der Waals surface area contributed by atoms with E-state index in [1.807, 2.05) is 6.92 Å². The Morgan fingerprint density at radius 1 is 1.21 bits per heavy atom. The summed E-state index contributed by atoms with van der Waals surface area (Å²) in [6.07, 6.45) is 1.40. The van der Waals surface area contributed by atoms with E-state index in [-0.39, 0.29) is 17.2 Å². The SMILES string of the molecule is CCCn1c(=O)n(-c2ccc(OC)cc2)c(=O)c2c3c(sc21)CN(C(C)=O)CC3. The fraction of sp³-hybridized carbons (Fsp3) is 0.381. The van der Waals surface area contributed by atoms with Gasteiger partial charge in [-0.05, 0) is 42.7 Å². The highest BCUT2D eigenvalue weighted by Gasteiger charge is 2.27. The normalized spacial score (nSPS) is 13.6. The first-order valence-electron chi connectivity index (χ1n) is 9.66. The van der Waals surface area contributed by atoms with Crippen LogP contribution in [0.15, 0.2) is 33.9 Å². The van der Waals surface area contributed by atoms with Crippen LogP contribution in [0.4, 0.5) is 0 Å². The van der Waals surface area contributed by atoms with Gasteiger partial charge in [-0.25, -0.2) is 9.36 Å². The molecule has 2 aromatic heterocycles. The van der Waals surface area contributed by atoms with Crippen LogP contribution in [-0.2, 0) is 24.3 Å². The molecule has 152 valence electrons. The largest absolute Gasteiger partial charge is 0.497 e. The molecule has 3 aromatic rings. The van der Waals surface area contributed by atoms with Gasteiger partial charge in [0.1, 0.15) is 10.6 Å². The lowest BCUT2D eigenvalue weighted by atomic mass is 10.1. The van der Waals surface area contributed by atoms with Crippen molar-refractivity contribution in [1.29, 1.82) is 0 Å². The number of thiophene rings is 1. The summed E-state index contributed by atoms with van der Waals surface area (Å²) in [6, 6.07) is 6.92. The van der Waals surface area contributed by atoms with E-state index >= 15 is 0 Å². The lowest BCUT2D eigenvalue weighted by Crippen LogP contribution is -2.39. The van der Waals surface area contributed by atoms with E-state index in [1.54, 1.807) is 47.8 Å². The quantitative estimate of drug-likeness (QED) is 0.659. The van der Waals surface area contributed by atoms with Gasteiger partial charge in [0.15, 0.2) is 0 Å². The maximum absolute atomic E-state index is 13.5. The number of methoxy groups -OCH3 is 1. The van der Waals surface area contributed by atoms with Crippen molar-refractivity contribution in [3.63, 3.8) is 0 Å². The Labute approximate surface area is 171 Å². The van der Waals surface area contributed by atoms with Crippen LogP contribution in [0, 0.1) is 0 Å². The van der Waals surface area contributed by atoms with E-state index in [0.29, 0.717) is 47.7 Å². The molecule has 0 fully saturated rings. The van der Waals surface area contributed by atoms with Gasteiger partial charge >= 0.3 is 5.69 Å². The molecule has 29 heavy (non-hydrogen) atoms. The third-order valence-electron chi connectivity index (χ3n) is 5.35. The van der Waals surface area contributed by atoms with Crippen LogP contribution in [0.3, 0.4) is 0 Å². The number of carbonyl (C=O) groups is 1. The van der Waals surface area contributed by atoms with Gasteiger partial charge in [-0.15, -0.1) is 11.3 Å². The maximum Gasteiger partial charge on any atom is 0.336 e. The average molecular weight is 413 g/mol. The van der Waals surface area contributed by atoms with Crippen molar-refractivity contribution >= 4 is 27.5 Å². The fourth-order valence-electron chi connectivity index (χ4n) is 3.85. The molecule has 0 radical (unpaired) electrons. The van der Waals surface area contributed by atoms with Crippen molar-refractivity contribution in [2.45, 2.75) is 39.8 Å². The van der Waals surface area contributed by atoms with Gasteiger partial charge in [0, 0.05) is 24.9 Å². The zero-order chi connectivity index (χ0) is 20.7. The topological polar surface area (TPSA) is 73.5 Å². The highest BCUT2D eigenvalue weighted by atomic mass is 32.1. The fourth-order valence-corrected chi connectivity index (χ4v) is 5.23. The second-order valence-corrected chi connectivity index (χ2v) is 8.23. The highest BCUT2D eigenvalue weighted by Crippen LogP contribution is 2.33. The van der Waals surface area contributed by atoms with Crippen LogP contribution in [-0.4, -0.2) is 33.6 Å². The van der Waals surface area contributed by atoms with Gasteiger partial charge in [0.25, 0.3) is 5.56 Å². The Kier molecular flexibility index (Phi) is 5.04. The second-order valence-electron chi connectivity index (χ2n) is 7.15. The van der Waals surface area contributed by atoms with Gasteiger partial charge in [-0.1, -0.05) is 6.92 Å². The van der Waals surface area contributed by atoms with Crippen molar-refractivity contribution in [3.05, 3.63) is 55.5 Å². The molecule has 0 bridgehead atoms. The van der Waals surface area contributed by atoms with Crippen molar-refractivity contribution in [3.8, 4) is 11.4 Å². The molecule has 0 N–H and O–H groups in total. The minimum atomic E-state index is -0.337. The lowest BCUT2D eigenvalue weighted by molar-refractivity contribution is -0.129. The number of aromatic nitrogens is 2. The van der Waals surface area contributed by atoms with Crippen molar-refractivity contribution in [2.24, 2.45) is 0 Å². The average Bonchev–Trinajstić information content (AvgIpc) is 3.10. The van der Waals surface area contributed by atoms with Crippen molar-refractivity contribution in [2.75, 3.05) is 13.7 Å². The van der Waals surface area contributed by atoms with Crippen LogP contribution in [0.5, 0.6) is 5.75 Å². The second kappa shape index (κ2) is 7.51. The Hall–Kier alpha value is -2.87. The molecule has 0 saturated heterocycles. The monoisotopic (exact) mass is 413 g/mol. The summed E-state index contributed by atoms with van der Waals surface area (Å²) in [7, 11) is 1.57. The molecule has 4 rings (SSSR count). The number of fused-ring (bicyclic) bond motifs is 3. The Morgan fingerprint density at radius 2 is 1.93 bits per heavy atom.